The predicted octanol–water partition coefficient (Wildman–Crippen LogP) is 2.32. The van der Waals surface area contributed by atoms with Crippen molar-refractivity contribution in [3.05, 3.63) is 38.8 Å². The molecule has 0 fully saturated rings. The van der Waals surface area contributed by atoms with E-state index in [9.17, 15) is 0 Å². The van der Waals surface area contributed by atoms with E-state index in [1.165, 1.54) is 0 Å². The molecule has 0 saturated heterocycles. The molecule has 0 spiro atoms. The molecule has 0 amide bonds. The monoisotopic (exact) mass is 328 g/mol. The van der Waals surface area contributed by atoms with Crippen LogP contribution >= 0.6 is 27.3 Å². The first-order chi connectivity index (χ1) is 8.59. The van der Waals surface area contributed by atoms with Crippen LogP contribution in [0.5, 0.6) is 0 Å². The number of nitrogens with two attached hydrogens (primary N) is 1. The highest BCUT2D eigenvalue weighted by Crippen LogP contribution is 2.27. The Bertz CT molecular complexity index is 492. The van der Waals surface area contributed by atoms with Gasteiger partial charge in [0.15, 0.2) is 0 Å². The van der Waals surface area contributed by atoms with E-state index in [1.807, 2.05) is 16.3 Å². The molecule has 0 aliphatic carbocycles. The number of likely N-dealkylation sites (N-methyl/N-ethyl adjacent to an activating group) is 1. The number of hydrogen-bond donors (Lipinski definition) is 1. The summed E-state index contributed by atoms with van der Waals surface area (Å²) in [5.41, 5.74) is 8.48. The van der Waals surface area contributed by atoms with Gasteiger partial charge < -0.3 is 10.6 Å². The van der Waals surface area contributed by atoms with Crippen LogP contribution < -0.4 is 5.73 Å². The van der Waals surface area contributed by atoms with Crippen molar-refractivity contribution in [3.63, 3.8) is 0 Å². The average molecular weight is 329 g/mol. The topological polar surface area (TPSA) is 47.1 Å². The fourth-order valence-corrected chi connectivity index (χ4v) is 3.00. The zero-order chi connectivity index (χ0) is 13.1. The SMILES string of the molecule is CN(C)CCn1ncc(Br)c1C(N)c1ccsc1. The maximum absolute atomic E-state index is 6.32. The van der Waals surface area contributed by atoms with Crippen LogP contribution in [0.2, 0.25) is 0 Å². The van der Waals surface area contributed by atoms with Crippen molar-refractivity contribution >= 4 is 27.3 Å². The third-order valence-corrected chi connectivity index (χ3v) is 4.10. The second-order valence-electron chi connectivity index (χ2n) is 4.44. The Labute approximate surface area is 120 Å². The first kappa shape index (κ1) is 13.7. The van der Waals surface area contributed by atoms with E-state index in [0.29, 0.717) is 0 Å². The molecule has 98 valence electrons. The van der Waals surface area contributed by atoms with Gasteiger partial charge >= 0.3 is 0 Å². The van der Waals surface area contributed by atoms with Crippen LogP contribution in [-0.2, 0) is 6.54 Å². The highest BCUT2D eigenvalue weighted by Gasteiger charge is 2.18. The number of hydrogen-bond acceptors (Lipinski definition) is 4. The minimum absolute atomic E-state index is 0.129. The van der Waals surface area contributed by atoms with E-state index >= 15 is 0 Å². The fraction of sp³-hybridized carbons (Fsp3) is 0.417. The lowest BCUT2D eigenvalue weighted by Gasteiger charge is -2.16. The van der Waals surface area contributed by atoms with Crippen molar-refractivity contribution in [2.45, 2.75) is 12.6 Å². The van der Waals surface area contributed by atoms with Gasteiger partial charge in [-0.1, -0.05) is 0 Å². The number of aromatic nitrogens is 2. The summed E-state index contributed by atoms with van der Waals surface area (Å²) in [6.07, 6.45) is 1.82. The first-order valence-electron chi connectivity index (χ1n) is 5.73. The quantitative estimate of drug-likeness (QED) is 0.916. The molecule has 1 unspecified atom stereocenters. The van der Waals surface area contributed by atoms with Gasteiger partial charge in [-0.25, -0.2) is 0 Å². The molecule has 1 atom stereocenters. The summed E-state index contributed by atoms with van der Waals surface area (Å²) in [6.45, 7) is 1.78. The Balaban J connectivity index is 2.23. The number of nitrogens with zero attached hydrogens (tertiary/aromatic N) is 3. The lowest BCUT2D eigenvalue weighted by Crippen LogP contribution is -2.23. The fourth-order valence-electron chi connectivity index (χ4n) is 1.76. The molecule has 4 nitrogen and oxygen atoms in total. The molecule has 18 heavy (non-hydrogen) atoms. The van der Waals surface area contributed by atoms with E-state index < -0.39 is 0 Å². The summed E-state index contributed by atoms with van der Waals surface area (Å²) >= 11 is 5.20. The first-order valence-corrected chi connectivity index (χ1v) is 7.46. The highest BCUT2D eigenvalue weighted by atomic mass is 79.9. The Morgan fingerprint density at radius 2 is 2.33 bits per heavy atom. The van der Waals surface area contributed by atoms with Crippen LogP contribution in [0, 0.1) is 0 Å². The molecule has 0 saturated carbocycles. The van der Waals surface area contributed by atoms with Gasteiger partial charge in [-0.15, -0.1) is 0 Å². The van der Waals surface area contributed by atoms with Gasteiger partial charge in [-0.3, -0.25) is 4.68 Å². The minimum atomic E-state index is -0.129. The molecule has 6 heteroatoms. The molecule has 2 aromatic rings. The van der Waals surface area contributed by atoms with Crippen LogP contribution in [0.3, 0.4) is 0 Å². The zero-order valence-electron chi connectivity index (χ0n) is 10.5. The summed E-state index contributed by atoms with van der Waals surface area (Å²) in [5, 5.41) is 8.51. The molecule has 0 aliphatic heterocycles. The van der Waals surface area contributed by atoms with E-state index in [1.54, 1.807) is 11.3 Å². The highest BCUT2D eigenvalue weighted by molar-refractivity contribution is 9.10. The number of halogens is 1. The Morgan fingerprint density at radius 1 is 1.56 bits per heavy atom. The van der Waals surface area contributed by atoms with Gasteiger partial charge in [0, 0.05) is 6.54 Å². The van der Waals surface area contributed by atoms with Crippen molar-refractivity contribution in [2.75, 3.05) is 20.6 Å². The Morgan fingerprint density at radius 3 is 2.94 bits per heavy atom. The summed E-state index contributed by atoms with van der Waals surface area (Å²) in [6, 6.07) is 1.93. The Hall–Kier alpha value is -0.690. The molecule has 2 N–H and O–H groups in total. The normalized spacial score (nSPS) is 13.2. The molecular formula is C12H17BrN4S. The minimum Gasteiger partial charge on any atom is -0.319 e. The molecule has 2 rings (SSSR count). The summed E-state index contributed by atoms with van der Waals surface area (Å²) in [7, 11) is 4.11. The molecule has 2 aromatic heterocycles. The molecule has 0 bridgehead atoms. The van der Waals surface area contributed by atoms with Crippen molar-refractivity contribution in [3.8, 4) is 0 Å². The number of thiophene rings is 1. The van der Waals surface area contributed by atoms with Crippen molar-refractivity contribution in [1.29, 1.82) is 0 Å². The summed E-state index contributed by atoms with van der Waals surface area (Å²) < 4.78 is 2.95. The van der Waals surface area contributed by atoms with E-state index in [-0.39, 0.29) is 6.04 Å². The van der Waals surface area contributed by atoms with Gasteiger partial charge in [0.1, 0.15) is 0 Å². The molecule has 2 heterocycles. The number of rotatable bonds is 5. The summed E-state index contributed by atoms with van der Waals surface area (Å²) in [5.74, 6) is 0. The standard InChI is InChI=1S/C12H17BrN4S/c1-16(2)4-5-17-12(10(13)7-15-17)11(14)9-3-6-18-8-9/h3,6-8,11H,4-5,14H2,1-2H3. The largest absolute Gasteiger partial charge is 0.319 e. The lowest BCUT2D eigenvalue weighted by molar-refractivity contribution is 0.368. The van der Waals surface area contributed by atoms with Gasteiger partial charge in [-0.05, 0) is 52.4 Å². The smallest absolute Gasteiger partial charge is 0.0742 e. The van der Waals surface area contributed by atoms with E-state index in [0.717, 1.165) is 28.8 Å². The van der Waals surface area contributed by atoms with Crippen LogP contribution in [0.25, 0.3) is 0 Å². The second kappa shape index (κ2) is 5.97. The van der Waals surface area contributed by atoms with Gasteiger partial charge in [0.2, 0.25) is 0 Å². The van der Waals surface area contributed by atoms with Crippen LogP contribution in [-0.4, -0.2) is 35.3 Å². The van der Waals surface area contributed by atoms with Crippen molar-refractivity contribution < 1.29 is 0 Å². The van der Waals surface area contributed by atoms with Crippen LogP contribution in [0.4, 0.5) is 0 Å². The molecule has 0 aliphatic rings. The molecular weight excluding hydrogens is 312 g/mol. The van der Waals surface area contributed by atoms with Gasteiger partial charge in [-0.2, -0.15) is 16.4 Å². The van der Waals surface area contributed by atoms with Crippen LogP contribution in [0.15, 0.2) is 27.5 Å². The molecule has 0 aromatic carbocycles. The lowest BCUT2D eigenvalue weighted by atomic mass is 10.1. The second-order valence-corrected chi connectivity index (χ2v) is 6.07. The average Bonchev–Trinajstić information content (AvgIpc) is 2.94. The van der Waals surface area contributed by atoms with Gasteiger partial charge in [0.05, 0.1) is 29.0 Å². The van der Waals surface area contributed by atoms with Crippen LogP contribution in [0.1, 0.15) is 17.3 Å². The zero-order valence-corrected chi connectivity index (χ0v) is 12.9. The van der Waals surface area contributed by atoms with E-state index in [4.69, 9.17) is 5.73 Å². The van der Waals surface area contributed by atoms with Crippen molar-refractivity contribution in [2.24, 2.45) is 5.73 Å². The predicted molar refractivity (Wildman–Crippen MR) is 78.8 cm³/mol. The van der Waals surface area contributed by atoms with E-state index in [2.05, 4.69) is 51.5 Å². The third kappa shape index (κ3) is 3.00. The third-order valence-electron chi connectivity index (χ3n) is 2.79. The van der Waals surface area contributed by atoms with Gasteiger partial charge in [0.25, 0.3) is 0 Å². The Kier molecular flexibility index (Phi) is 4.55. The molecule has 0 radical (unpaired) electrons. The summed E-state index contributed by atoms with van der Waals surface area (Å²) in [4.78, 5) is 2.13. The maximum atomic E-state index is 6.32. The maximum Gasteiger partial charge on any atom is 0.0742 e. The van der Waals surface area contributed by atoms with Crippen molar-refractivity contribution in [1.82, 2.24) is 14.7 Å².